The first-order chi connectivity index (χ1) is 6.79. The molecule has 1 nitrogen and oxygen atoms in total. The van der Waals surface area contributed by atoms with Gasteiger partial charge in [0.05, 0.1) is 16.3 Å². The molecule has 0 amide bonds. The van der Waals surface area contributed by atoms with E-state index in [0.717, 1.165) is 6.07 Å². The summed E-state index contributed by atoms with van der Waals surface area (Å²) < 4.78 is 50.8. The molecule has 15 heavy (non-hydrogen) atoms. The summed E-state index contributed by atoms with van der Waals surface area (Å²) in [5.41, 5.74) is 3.18. The minimum Gasteiger partial charge on any atom is -0.396 e. The number of anilines is 1. The first kappa shape index (κ1) is 12.1. The molecule has 0 bridgehead atoms. The number of benzene rings is 1. The summed E-state index contributed by atoms with van der Waals surface area (Å²) in [6.07, 6.45) is -4.79. The molecule has 0 unspecified atom stereocenters. The monoisotopic (exact) mass is 241 g/mol. The van der Waals surface area contributed by atoms with Crippen LogP contribution in [0.4, 0.5) is 23.2 Å². The fourth-order valence-corrected chi connectivity index (χ4v) is 1.68. The Labute approximate surface area is 88.8 Å². The third-order valence-electron chi connectivity index (χ3n) is 1.98. The second kappa shape index (κ2) is 3.89. The van der Waals surface area contributed by atoms with Crippen molar-refractivity contribution in [3.63, 3.8) is 0 Å². The Morgan fingerprint density at radius 1 is 1.40 bits per heavy atom. The van der Waals surface area contributed by atoms with Crippen LogP contribution in [0.25, 0.3) is 0 Å². The van der Waals surface area contributed by atoms with Crippen LogP contribution >= 0.6 is 11.6 Å². The maximum Gasteiger partial charge on any atom is 0.418 e. The van der Waals surface area contributed by atoms with E-state index in [4.69, 9.17) is 17.3 Å². The van der Waals surface area contributed by atoms with Crippen LogP contribution in [0, 0.1) is 5.82 Å². The Morgan fingerprint density at radius 3 is 2.33 bits per heavy atom. The average molecular weight is 242 g/mol. The van der Waals surface area contributed by atoms with Crippen molar-refractivity contribution >= 4 is 17.3 Å². The van der Waals surface area contributed by atoms with E-state index in [1.807, 2.05) is 0 Å². The highest BCUT2D eigenvalue weighted by Crippen LogP contribution is 2.40. The van der Waals surface area contributed by atoms with Gasteiger partial charge in [-0.2, -0.15) is 13.2 Å². The standard InChI is InChI=1S/C9H8ClF4N/c1-2-4-7(9(12,13)14)5(10)3-6(15)8(4)11/h3H,2,15H2,1H3. The van der Waals surface area contributed by atoms with Gasteiger partial charge in [-0.1, -0.05) is 18.5 Å². The molecule has 0 saturated carbocycles. The van der Waals surface area contributed by atoms with E-state index >= 15 is 0 Å². The number of halogens is 5. The van der Waals surface area contributed by atoms with Crippen molar-refractivity contribution in [2.24, 2.45) is 0 Å². The van der Waals surface area contributed by atoms with Crippen LogP contribution < -0.4 is 5.73 Å². The summed E-state index contributed by atoms with van der Waals surface area (Å²) in [5.74, 6) is -1.05. The summed E-state index contributed by atoms with van der Waals surface area (Å²) in [6.45, 7) is 1.41. The topological polar surface area (TPSA) is 26.0 Å². The summed E-state index contributed by atoms with van der Waals surface area (Å²) in [4.78, 5) is 0. The molecule has 6 heteroatoms. The summed E-state index contributed by atoms with van der Waals surface area (Å²) in [5, 5.41) is -0.571. The van der Waals surface area contributed by atoms with Gasteiger partial charge < -0.3 is 5.73 Å². The maximum absolute atomic E-state index is 13.3. The molecular formula is C9H8ClF4N. The summed E-state index contributed by atoms with van der Waals surface area (Å²) in [7, 11) is 0. The second-order valence-corrected chi connectivity index (χ2v) is 3.37. The van der Waals surface area contributed by atoms with Gasteiger partial charge in [0.2, 0.25) is 0 Å². The van der Waals surface area contributed by atoms with Crippen LogP contribution in [-0.4, -0.2) is 0 Å². The number of nitrogens with two attached hydrogens (primary N) is 1. The van der Waals surface area contributed by atoms with Crippen LogP contribution in [0.1, 0.15) is 18.1 Å². The lowest BCUT2D eigenvalue weighted by atomic mass is 10.0. The van der Waals surface area contributed by atoms with Crippen molar-refractivity contribution in [2.45, 2.75) is 19.5 Å². The first-order valence-corrected chi connectivity index (χ1v) is 4.50. The zero-order chi connectivity index (χ0) is 11.8. The molecule has 0 saturated heterocycles. The molecule has 0 aliphatic carbocycles. The fourth-order valence-electron chi connectivity index (χ4n) is 1.34. The zero-order valence-corrected chi connectivity index (χ0v) is 8.51. The summed E-state index contributed by atoms with van der Waals surface area (Å²) in [6, 6.07) is 0.777. The zero-order valence-electron chi connectivity index (χ0n) is 7.75. The predicted octanol–water partition coefficient (Wildman–Crippen LogP) is 3.64. The highest BCUT2D eigenvalue weighted by Gasteiger charge is 2.37. The third-order valence-corrected chi connectivity index (χ3v) is 2.28. The van der Waals surface area contributed by atoms with Gasteiger partial charge >= 0.3 is 6.18 Å². The van der Waals surface area contributed by atoms with E-state index in [1.165, 1.54) is 6.92 Å². The smallest absolute Gasteiger partial charge is 0.396 e. The fraction of sp³-hybridized carbons (Fsp3) is 0.333. The minimum absolute atomic E-state index is 0.120. The molecule has 2 N–H and O–H groups in total. The normalized spacial score (nSPS) is 11.9. The van der Waals surface area contributed by atoms with E-state index in [0.29, 0.717) is 0 Å². The largest absolute Gasteiger partial charge is 0.418 e. The molecule has 0 radical (unpaired) electrons. The Balaban J connectivity index is 3.57. The van der Waals surface area contributed by atoms with Crippen molar-refractivity contribution < 1.29 is 17.6 Å². The predicted molar refractivity (Wildman–Crippen MR) is 50.2 cm³/mol. The molecule has 0 aliphatic rings. The number of rotatable bonds is 1. The molecule has 1 rings (SSSR count). The summed E-state index contributed by atoms with van der Waals surface area (Å²) >= 11 is 5.40. The molecule has 0 atom stereocenters. The Kier molecular flexibility index (Phi) is 3.13. The minimum atomic E-state index is -4.67. The number of nitrogen functional groups attached to an aromatic ring is 1. The maximum atomic E-state index is 13.3. The lowest BCUT2D eigenvalue weighted by Crippen LogP contribution is -2.13. The molecule has 84 valence electrons. The number of hydrogen-bond acceptors (Lipinski definition) is 1. The molecule has 1 aromatic carbocycles. The molecule has 0 heterocycles. The van der Waals surface area contributed by atoms with Crippen LogP contribution in [-0.2, 0) is 12.6 Å². The number of alkyl halides is 3. The average Bonchev–Trinajstić information content (AvgIpc) is 2.08. The van der Waals surface area contributed by atoms with Gasteiger partial charge in [0.25, 0.3) is 0 Å². The molecule has 0 aromatic heterocycles. The van der Waals surface area contributed by atoms with Gasteiger partial charge in [-0.25, -0.2) is 4.39 Å². The quantitative estimate of drug-likeness (QED) is 0.590. The van der Waals surface area contributed by atoms with Crippen molar-refractivity contribution in [3.8, 4) is 0 Å². The van der Waals surface area contributed by atoms with E-state index in [2.05, 4.69) is 0 Å². The number of hydrogen-bond donors (Lipinski definition) is 1. The van der Waals surface area contributed by atoms with Crippen LogP contribution in [0.3, 0.4) is 0 Å². The van der Waals surface area contributed by atoms with Gasteiger partial charge in [0.15, 0.2) is 0 Å². The van der Waals surface area contributed by atoms with E-state index in [-0.39, 0.29) is 12.1 Å². The van der Waals surface area contributed by atoms with Gasteiger partial charge in [-0.3, -0.25) is 0 Å². The van der Waals surface area contributed by atoms with Crippen molar-refractivity contribution in [1.82, 2.24) is 0 Å². The Morgan fingerprint density at radius 2 is 1.93 bits per heavy atom. The molecule has 0 spiro atoms. The molecule has 0 fully saturated rings. The van der Waals surface area contributed by atoms with E-state index in [1.54, 1.807) is 0 Å². The van der Waals surface area contributed by atoms with Gasteiger partial charge in [0.1, 0.15) is 5.82 Å². The lowest BCUT2D eigenvalue weighted by molar-refractivity contribution is -0.138. The molecule has 0 aliphatic heterocycles. The van der Waals surface area contributed by atoms with E-state index < -0.39 is 28.1 Å². The molecule has 1 aromatic rings. The van der Waals surface area contributed by atoms with Crippen LogP contribution in [0.5, 0.6) is 0 Å². The second-order valence-electron chi connectivity index (χ2n) is 2.97. The third kappa shape index (κ3) is 2.17. The highest BCUT2D eigenvalue weighted by molar-refractivity contribution is 6.31. The Bertz CT molecular complexity index is 387. The van der Waals surface area contributed by atoms with Crippen molar-refractivity contribution in [3.05, 3.63) is 28.0 Å². The van der Waals surface area contributed by atoms with Crippen molar-refractivity contribution in [2.75, 3.05) is 5.73 Å². The van der Waals surface area contributed by atoms with Gasteiger partial charge in [-0.15, -0.1) is 0 Å². The Hall–Kier alpha value is -0.970. The lowest BCUT2D eigenvalue weighted by Gasteiger charge is -2.15. The van der Waals surface area contributed by atoms with Crippen LogP contribution in [0.2, 0.25) is 5.02 Å². The van der Waals surface area contributed by atoms with Gasteiger partial charge in [-0.05, 0) is 12.5 Å². The van der Waals surface area contributed by atoms with Gasteiger partial charge in [0, 0.05) is 5.56 Å². The van der Waals surface area contributed by atoms with E-state index in [9.17, 15) is 17.6 Å². The highest BCUT2D eigenvalue weighted by atomic mass is 35.5. The van der Waals surface area contributed by atoms with Crippen LogP contribution in [0.15, 0.2) is 6.07 Å². The SMILES string of the molecule is CCc1c(F)c(N)cc(Cl)c1C(F)(F)F. The molecular weight excluding hydrogens is 234 g/mol. The van der Waals surface area contributed by atoms with Crippen molar-refractivity contribution in [1.29, 1.82) is 0 Å². The first-order valence-electron chi connectivity index (χ1n) is 4.12.